The van der Waals surface area contributed by atoms with E-state index in [1.807, 2.05) is 32.0 Å². The number of nitrogens with zero attached hydrogens (tertiary/aromatic N) is 2. The molecular weight excluding hydrogens is 472 g/mol. The molecule has 1 N–H and O–H groups in total. The summed E-state index contributed by atoms with van der Waals surface area (Å²) in [6.07, 6.45) is 0.327. The summed E-state index contributed by atoms with van der Waals surface area (Å²) in [5, 5.41) is 12.5. The molecular formula is C25H22N2O5S2. The first-order chi connectivity index (χ1) is 16.4. The van der Waals surface area contributed by atoms with Gasteiger partial charge >= 0.3 is 5.97 Å². The molecule has 1 atom stereocenters. The second kappa shape index (κ2) is 8.83. The first kappa shape index (κ1) is 22.5. The van der Waals surface area contributed by atoms with E-state index in [-0.39, 0.29) is 6.10 Å². The Labute approximate surface area is 204 Å². The molecule has 2 aromatic heterocycles. The van der Waals surface area contributed by atoms with Crippen molar-refractivity contribution >= 4 is 45.6 Å². The molecule has 2 aromatic carbocycles. The van der Waals surface area contributed by atoms with Crippen molar-refractivity contribution in [2.45, 2.75) is 32.2 Å². The smallest absolute Gasteiger partial charge is 0.342 e. The Balaban J connectivity index is 1.63. The maximum atomic E-state index is 13.2. The molecule has 3 heterocycles. The highest BCUT2D eigenvalue weighted by Crippen LogP contribution is 2.46. The number of aromatic nitrogens is 2. The van der Waals surface area contributed by atoms with E-state index in [1.165, 1.54) is 11.3 Å². The fourth-order valence-electron chi connectivity index (χ4n) is 3.98. The SMILES string of the molecule is COc1ccc(CC2=C(c3ccc4nsnc4c3)C(=O)OC2(O)c2ccc(OC(C)C)cc2)s1. The van der Waals surface area contributed by atoms with Crippen LogP contribution in [0.4, 0.5) is 0 Å². The predicted octanol–water partition coefficient (Wildman–Crippen LogP) is 4.95. The van der Waals surface area contributed by atoms with E-state index in [4.69, 9.17) is 14.2 Å². The molecule has 0 aliphatic carbocycles. The minimum absolute atomic E-state index is 0.0178. The third-order valence-corrected chi connectivity index (χ3v) is 7.11. The molecule has 7 nitrogen and oxygen atoms in total. The fourth-order valence-corrected chi connectivity index (χ4v) is 5.33. The summed E-state index contributed by atoms with van der Waals surface area (Å²) in [5.74, 6) is -1.84. The number of carbonyl (C=O) groups excluding carboxylic acids is 1. The summed E-state index contributed by atoms with van der Waals surface area (Å²) in [4.78, 5) is 14.1. The summed E-state index contributed by atoms with van der Waals surface area (Å²) in [7, 11) is 1.61. The van der Waals surface area contributed by atoms with Gasteiger partial charge in [0.25, 0.3) is 5.79 Å². The molecule has 174 valence electrons. The van der Waals surface area contributed by atoms with Crippen molar-refractivity contribution in [3.05, 3.63) is 76.2 Å². The van der Waals surface area contributed by atoms with Gasteiger partial charge < -0.3 is 19.3 Å². The number of hydrogen-bond donors (Lipinski definition) is 1. The highest BCUT2D eigenvalue weighted by atomic mass is 32.1. The van der Waals surface area contributed by atoms with Gasteiger partial charge in [-0.1, -0.05) is 6.07 Å². The van der Waals surface area contributed by atoms with Crippen LogP contribution in [-0.2, 0) is 21.7 Å². The number of carbonyl (C=O) groups is 1. The van der Waals surface area contributed by atoms with E-state index in [9.17, 15) is 9.90 Å². The molecule has 1 aliphatic rings. The van der Waals surface area contributed by atoms with Gasteiger partial charge in [-0.2, -0.15) is 8.75 Å². The van der Waals surface area contributed by atoms with Gasteiger partial charge in [0.2, 0.25) is 0 Å². The maximum Gasteiger partial charge on any atom is 0.342 e. The number of fused-ring (bicyclic) bond motifs is 1. The van der Waals surface area contributed by atoms with Crippen LogP contribution in [0.15, 0.2) is 60.2 Å². The van der Waals surface area contributed by atoms with Crippen LogP contribution in [-0.4, -0.2) is 33.0 Å². The van der Waals surface area contributed by atoms with E-state index >= 15 is 0 Å². The van der Waals surface area contributed by atoms with Crippen molar-refractivity contribution in [3.63, 3.8) is 0 Å². The Morgan fingerprint density at radius 3 is 2.53 bits per heavy atom. The van der Waals surface area contributed by atoms with Gasteiger partial charge in [0.05, 0.1) is 30.5 Å². The molecule has 0 fully saturated rings. The molecule has 1 aliphatic heterocycles. The Kier molecular flexibility index (Phi) is 5.85. The van der Waals surface area contributed by atoms with Crippen molar-refractivity contribution in [2.75, 3.05) is 7.11 Å². The van der Waals surface area contributed by atoms with Crippen molar-refractivity contribution in [2.24, 2.45) is 0 Å². The van der Waals surface area contributed by atoms with E-state index in [0.29, 0.717) is 40.0 Å². The third-order valence-electron chi connectivity index (χ3n) is 5.50. The Morgan fingerprint density at radius 2 is 1.82 bits per heavy atom. The zero-order valence-electron chi connectivity index (χ0n) is 18.8. The molecule has 34 heavy (non-hydrogen) atoms. The predicted molar refractivity (Wildman–Crippen MR) is 131 cm³/mol. The van der Waals surface area contributed by atoms with Crippen molar-refractivity contribution in [3.8, 4) is 10.8 Å². The minimum atomic E-state index is -1.92. The number of cyclic esters (lactones) is 1. The van der Waals surface area contributed by atoms with Gasteiger partial charge in [0, 0.05) is 22.4 Å². The van der Waals surface area contributed by atoms with E-state index in [1.54, 1.807) is 43.5 Å². The number of thiophene rings is 1. The van der Waals surface area contributed by atoms with Crippen molar-refractivity contribution in [1.29, 1.82) is 0 Å². The second-order valence-electron chi connectivity index (χ2n) is 8.15. The molecule has 4 aromatic rings. The Bertz CT molecular complexity index is 1390. The zero-order chi connectivity index (χ0) is 23.9. The molecule has 0 amide bonds. The number of benzene rings is 2. The van der Waals surface area contributed by atoms with E-state index < -0.39 is 11.8 Å². The summed E-state index contributed by atoms with van der Waals surface area (Å²) >= 11 is 2.56. The van der Waals surface area contributed by atoms with Gasteiger partial charge in [-0.3, -0.25) is 0 Å². The summed E-state index contributed by atoms with van der Waals surface area (Å²) in [6, 6.07) is 16.2. The highest BCUT2D eigenvalue weighted by molar-refractivity contribution is 7.13. The molecule has 1 unspecified atom stereocenters. The lowest BCUT2D eigenvalue weighted by Crippen LogP contribution is -2.29. The van der Waals surface area contributed by atoms with Gasteiger partial charge in [-0.05, 0) is 67.9 Å². The lowest BCUT2D eigenvalue weighted by Gasteiger charge is -2.25. The van der Waals surface area contributed by atoms with Crippen LogP contribution in [0.2, 0.25) is 0 Å². The first-order valence-electron chi connectivity index (χ1n) is 10.7. The average molecular weight is 495 g/mol. The number of rotatable bonds is 7. The lowest BCUT2D eigenvalue weighted by atomic mass is 9.89. The van der Waals surface area contributed by atoms with E-state index in [0.717, 1.165) is 27.2 Å². The standard InChI is InChI=1S/C25H22N2O5S2/c1-14(2)31-17-7-5-16(6-8-17)25(29)19(13-18-9-11-22(30-3)33-18)23(24(28)32-25)15-4-10-20-21(12-15)27-34-26-20/h4-12,14,29H,13H2,1-3H3. The number of methoxy groups -OCH3 is 1. The molecule has 0 bridgehead atoms. The highest BCUT2D eigenvalue weighted by Gasteiger charge is 2.48. The van der Waals surface area contributed by atoms with Crippen LogP contribution >= 0.6 is 23.1 Å². The molecule has 5 rings (SSSR count). The van der Waals surface area contributed by atoms with E-state index in [2.05, 4.69) is 8.75 Å². The fraction of sp³-hybridized carbons (Fsp3) is 0.240. The van der Waals surface area contributed by atoms with Gasteiger partial charge in [-0.25, -0.2) is 4.79 Å². The monoisotopic (exact) mass is 494 g/mol. The third kappa shape index (κ3) is 4.06. The number of esters is 1. The first-order valence-corrected chi connectivity index (χ1v) is 12.2. The summed E-state index contributed by atoms with van der Waals surface area (Å²) in [6.45, 7) is 3.88. The maximum absolute atomic E-state index is 13.2. The normalized spacial score (nSPS) is 18.1. The van der Waals surface area contributed by atoms with Crippen LogP contribution < -0.4 is 9.47 Å². The number of ether oxygens (including phenoxy) is 3. The summed E-state index contributed by atoms with van der Waals surface area (Å²) in [5.41, 5.74) is 3.29. The second-order valence-corrected chi connectivity index (χ2v) is 9.81. The summed E-state index contributed by atoms with van der Waals surface area (Å²) < 4.78 is 25.3. The topological polar surface area (TPSA) is 90.8 Å². The molecule has 0 saturated carbocycles. The van der Waals surface area contributed by atoms with Crippen molar-refractivity contribution in [1.82, 2.24) is 8.75 Å². The van der Waals surface area contributed by atoms with Crippen LogP contribution in [0.5, 0.6) is 10.8 Å². The molecule has 9 heteroatoms. The van der Waals surface area contributed by atoms with Crippen molar-refractivity contribution < 1.29 is 24.1 Å². The van der Waals surface area contributed by atoms with Crippen LogP contribution in [0, 0.1) is 0 Å². The molecule has 0 saturated heterocycles. The van der Waals surface area contributed by atoms with Crippen LogP contribution in [0.1, 0.15) is 29.9 Å². The zero-order valence-corrected chi connectivity index (χ0v) is 20.4. The van der Waals surface area contributed by atoms with Gasteiger partial charge in [0.1, 0.15) is 16.8 Å². The Hall–Kier alpha value is -3.27. The largest absolute Gasteiger partial charge is 0.491 e. The van der Waals surface area contributed by atoms with Crippen LogP contribution in [0.25, 0.3) is 16.6 Å². The number of aliphatic hydroxyl groups is 1. The number of hydrogen-bond acceptors (Lipinski definition) is 9. The van der Waals surface area contributed by atoms with Crippen LogP contribution in [0.3, 0.4) is 0 Å². The average Bonchev–Trinajstić information content (AvgIpc) is 3.52. The van der Waals surface area contributed by atoms with Gasteiger partial charge in [0.15, 0.2) is 5.06 Å². The Morgan fingerprint density at radius 1 is 1.06 bits per heavy atom. The molecule has 0 radical (unpaired) electrons. The quantitative estimate of drug-likeness (QED) is 0.364. The van der Waals surface area contributed by atoms with Gasteiger partial charge in [-0.15, -0.1) is 11.3 Å². The molecule has 0 spiro atoms. The minimum Gasteiger partial charge on any atom is -0.491 e. The lowest BCUT2D eigenvalue weighted by molar-refractivity contribution is -0.185.